The Morgan fingerprint density at radius 2 is 1.75 bits per heavy atom. The molecule has 0 amide bonds. The minimum Gasteiger partial charge on any atom is -0.364 e. The maximum Gasteiger partial charge on any atom is 0.248 e. The quantitative estimate of drug-likeness (QED) is 0.477. The van der Waals surface area contributed by atoms with E-state index in [1.807, 2.05) is 30.3 Å². The zero-order chi connectivity index (χ0) is 16.8. The predicted molar refractivity (Wildman–Crippen MR) is 99.4 cm³/mol. The van der Waals surface area contributed by atoms with Gasteiger partial charge in [-0.2, -0.15) is 15.0 Å². The first-order valence-electron chi connectivity index (χ1n) is 7.81. The Labute approximate surface area is 146 Å². The van der Waals surface area contributed by atoms with Crippen LogP contribution in [0, 0.1) is 0 Å². The number of nitrogens with zero attached hydrogens (tertiary/aromatic N) is 4. The van der Waals surface area contributed by atoms with Crippen LogP contribution in [0.5, 0.6) is 0 Å². The van der Waals surface area contributed by atoms with Crippen molar-refractivity contribution < 1.29 is 0 Å². The molecule has 1 aromatic carbocycles. The zero-order valence-electron chi connectivity index (χ0n) is 13.4. The minimum absolute atomic E-state index is 0.405. The van der Waals surface area contributed by atoms with E-state index in [-0.39, 0.29) is 0 Å². The van der Waals surface area contributed by atoms with E-state index in [4.69, 9.17) is 12.2 Å². The molecule has 4 N–H and O–H groups in total. The second-order valence-corrected chi connectivity index (χ2v) is 5.71. The molecule has 3 rings (SSSR count). The standard InChI is InChI=1S/C15H20N8S/c1-16-15(24)22-21-13-18-12(17-11-7-3-2-4-8-11)19-14(20-13)23-9-5-6-10-23/h2-4,7-8H,5-6,9-10H2,1H3,(H2,16,22,24)(H2,17,18,19,20,21). The first-order chi connectivity index (χ1) is 11.7. The van der Waals surface area contributed by atoms with Crippen molar-refractivity contribution in [2.24, 2.45) is 0 Å². The summed E-state index contributed by atoms with van der Waals surface area (Å²) in [6, 6.07) is 9.79. The molecule has 2 aromatic rings. The van der Waals surface area contributed by atoms with Crippen LogP contribution in [0.4, 0.5) is 23.5 Å². The molecular weight excluding hydrogens is 324 g/mol. The average Bonchev–Trinajstić information content (AvgIpc) is 3.15. The summed E-state index contributed by atoms with van der Waals surface area (Å²) in [5, 5.41) is 6.48. The van der Waals surface area contributed by atoms with Gasteiger partial charge in [0.15, 0.2) is 5.11 Å². The lowest BCUT2D eigenvalue weighted by molar-refractivity contribution is 0.875. The molecule has 0 saturated carbocycles. The van der Waals surface area contributed by atoms with E-state index in [0.717, 1.165) is 31.6 Å². The van der Waals surface area contributed by atoms with E-state index < -0.39 is 0 Å². The highest BCUT2D eigenvalue weighted by atomic mass is 32.1. The fourth-order valence-corrected chi connectivity index (χ4v) is 2.41. The van der Waals surface area contributed by atoms with Gasteiger partial charge in [-0.05, 0) is 37.2 Å². The SMILES string of the molecule is CNC(=S)NNc1nc(Nc2ccccc2)nc(N2CCCC2)n1. The number of rotatable bonds is 5. The van der Waals surface area contributed by atoms with E-state index >= 15 is 0 Å². The monoisotopic (exact) mass is 344 g/mol. The van der Waals surface area contributed by atoms with Gasteiger partial charge in [-0.1, -0.05) is 18.2 Å². The highest BCUT2D eigenvalue weighted by molar-refractivity contribution is 7.80. The van der Waals surface area contributed by atoms with Crippen molar-refractivity contribution in [2.75, 3.05) is 35.8 Å². The van der Waals surface area contributed by atoms with Crippen LogP contribution in [0.2, 0.25) is 0 Å². The molecule has 24 heavy (non-hydrogen) atoms. The summed E-state index contributed by atoms with van der Waals surface area (Å²) in [5.74, 6) is 1.54. The van der Waals surface area contributed by atoms with Gasteiger partial charge in [0.2, 0.25) is 17.8 Å². The number of hydrogen-bond donors (Lipinski definition) is 4. The Morgan fingerprint density at radius 1 is 1.04 bits per heavy atom. The topological polar surface area (TPSA) is 90.0 Å². The third-order valence-electron chi connectivity index (χ3n) is 3.56. The van der Waals surface area contributed by atoms with E-state index in [9.17, 15) is 0 Å². The van der Waals surface area contributed by atoms with Crippen LogP contribution in [-0.2, 0) is 0 Å². The van der Waals surface area contributed by atoms with E-state index in [2.05, 4.69) is 41.3 Å². The zero-order valence-corrected chi connectivity index (χ0v) is 14.2. The van der Waals surface area contributed by atoms with Crippen molar-refractivity contribution in [2.45, 2.75) is 12.8 Å². The fourth-order valence-electron chi connectivity index (χ4n) is 2.36. The number of anilines is 4. The van der Waals surface area contributed by atoms with E-state index in [1.54, 1.807) is 7.05 Å². The van der Waals surface area contributed by atoms with Crippen LogP contribution in [0.3, 0.4) is 0 Å². The summed E-state index contributed by atoms with van der Waals surface area (Å²) in [5.41, 5.74) is 6.65. The van der Waals surface area contributed by atoms with Crippen molar-refractivity contribution in [3.05, 3.63) is 30.3 Å². The molecule has 0 atom stereocenters. The Morgan fingerprint density at radius 3 is 2.46 bits per heavy atom. The molecule has 0 radical (unpaired) electrons. The highest BCUT2D eigenvalue weighted by Crippen LogP contribution is 2.20. The van der Waals surface area contributed by atoms with E-state index in [1.165, 1.54) is 0 Å². The Hall–Kier alpha value is -2.68. The number of thiocarbonyl (C=S) groups is 1. The number of aromatic nitrogens is 3. The maximum absolute atomic E-state index is 5.05. The number of benzene rings is 1. The molecule has 1 aliphatic heterocycles. The number of hydrogen-bond acceptors (Lipinski definition) is 7. The van der Waals surface area contributed by atoms with Gasteiger partial charge in [0.1, 0.15) is 0 Å². The van der Waals surface area contributed by atoms with Gasteiger partial charge < -0.3 is 15.5 Å². The van der Waals surface area contributed by atoms with E-state index in [0.29, 0.717) is 23.0 Å². The Bertz CT molecular complexity index is 687. The van der Waals surface area contributed by atoms with Gasteiger partial charge in [0.25, 0.3) is 0 Å². The second-order valence-electron chi connectivity index (χ2n) is 5.30. The Balaban J connectivity index is 1.82. The van der Waals surface area contributed by atoms with Crippen LogP contribution < -0.4 is 26.4 Å². The lowest BCUT2D eigenvalue weighted by Crippen LogP contribution is -2.37. The Kier molecular flexibility index (Phi) is 5.22. The molecule has 1 fully saturated rings. The summed E-state index contributed by atoms with van der Waals surface area (Å²) in [6.45, 7) is 1.91. The summed E-state index contributed by atoms with van der Waals surface area (Å²) < 4.78 is 0. The third kappa shape index (κ3) is 4.19. The maximum atomic E-state index is 5.05. The average molecular weight is 344 g/mol. The van der Waals surface area contributed by atoms with Crippen molar-refractivity contribution in [1.29, 1.82) is 0 Å². The lowest BCUT2D eigenvalue weighted by atomic mass is 10.3. The summed E-state index contributed by atoms with van der Waals surface area (Å²) in [6.07, 6.45) is 2.30. The van der Waals surface area contributed by atoms with Gasteiger partial charge in [0, 0.05) is 25.8 Å². The van der Waals surface area contributed by atoms with Gasteiger partial charge in [-0.15, -0.1) is 0 Å². The second kappa shape index (κ2) is 7.73. The summed E-state index contributed by atoms with van der Waals surface area (Å²) >= 11 is 5.05. The predicted octanol–water partition coefficient (Wildman–Crippen LogP) is 1.64. The summed E-state index contributed by atoms with van der Waals surface area (Å²) in [7, 11) is 1.74. The molecule has 0 bridgehead atoms. The fraction of sp³-hybridized carbons (Fsp3) is 0.333. The molecule has 1 aromatic heterocycles. The normalized spacial score (nSPS) is 13.5. The lowest BCUT2D eigenvalue weighted by Gasteiger charge is -2.17. The molecule has 9 heteroatoms. The number of nitrogens with one attached hydrogen (secondary N) is 4. The number of hydrazine groups is 1. The van der Waals surface area contributed by atoms with Gasteiger partial charge in [-0.3, -0.25) is 10.9 Å². The van der Waals surface area contributed by atoms with Gasteiger partial charge in [-0.25, -0.2) is 0 Å². The summed E-state index contributed by atoms with van der Waals surface area (Å²) in [4.78, 5) is 15.5. The minimum atomic E-state index is 0.405. The molecule has 126 valence electrons. The third-order valence-corrected chi connectivity index (χ3v) is 3.86. The van der Waals surface area contributed by atoms with Crippen molar-refractivity contribution in [1.82, 2.24) is 25.7 Å². The van der Waals surface area contributed by atoms with Gasteiger partial charge in [0.05, 0.1) is 0 Å². The van der Waals surface area contributed by atoms with Crippen LogP contribution in [0.1, 0.15) is 12.8 Å². The first kappa shape index (κ1) is 16.2. The van der Waals surface area contributed by atoms with Crippen molar-refractivity contribution in [3.63, 3.8) is 0 Å². The molecule has 0 aliphatic carbocycles. The largest absolute Gasteiger partial charge is 0.364 e. The number of para-hydroxylation sites is 1. The van der Waals surface area contributed by atoms with Crippen molar-refractivity contribution in [3.8, 4) is 0 Å². The van der Waals surface area contributed by atoms with Crippen LogP contribution in [0.15, 0.2) is 30.3 Å². The molecule has 8 nitrogen and oxygen atoms in total. The van der Waals surface area contributed by atoms with Crippen molar-refractivity contribution >= 4 is 40.9 Å². The van der Waals surface area contributed by atoms with Crippen LogP contribution in [-0.4, -0.2) is 40.2 Å². The first-order valence-corrected chi connectivity index (χ1v) is 8.22. The molecular formula is C15H20N8S. The molecule has 1 saturated heterocycles. The van der Waals surface area contributed by atoms with Gasteiger partial charge >= 0.3 is 0 Å². The molecule has 1 aliphatic rings. The molecule has 0 unspecified atom stereocenters. The van der Waals surface area contributed by atoms with Crippen LogP contribution in [0.25, 0.3) is 0 Å². The van der Waals surface area contributed by atoms with Crippen LogP contribution >= 0.6 is 12.2 Å². The highest BCUT2D eigenvalue weighted by Gasteiger charge is 2.17. The smallest absolute Gasteiger partial charge is 0.248 e. The molecule has 2 heterocycles. The molecule has 0 spiro atoms.